The summed E-state index contributed by atoms with van der Waals surface area (Å²) in [5.41, 5.74) is 3.51. The first kappa shape index (κ1) is 17.9. The van der Waals surface area contributed by atoms with Crippen LogP contribution in [0.1, 0.15) is 30.0 Å². The summed E-state index contributed by atoms with van der Waals surface area (Å²) in [7, 11) is 1.68. The first-order chi connectivity index (χ1) is 13.3. The Hall–Kier alpha value is -2.53. The molecule has 4 rings (SSSR count). The van der Waals surface area contributed by atoms with Crippen LogP contribution in [0.4, 0.5) is 10.5 Å². The zero-order valence-corrected chi connectivity index (χ0v) is 15.9. The molecule has 1 unspecified atom stereocenters. The summed E-state index contributed by atoms with van der Waals surface area (Å²) >= 11 is 0. The molecule has 0 aliphatic carbocycles. The van der Waals surface area contributed by atoms with E-state index in [1.54, 1.807) is 7.11 Å². The van der Waals surface area contributed by atoms with E-state index in [-0.39, 0.29) is 12.1 Å². The Kier molecular flexibility index (Phi) is 5.30. The van der Waals surface area contributed by atoms with Crippen molar-refractivity contribution >= 4 is 11.7 Å². The van der Waals surface area contributed by atoms with Crippen molar-refractivity contribution in [3.05, 3.63) is 59.7 Å². The molecule has 2 aromatic carbocycles. The van der Waals surface area contributed by atoms with Crippen LogP contribution in [0.25, 0.3) is 0 Å². The second kappa shape index (κ2) is 8.01. The largest absolute Gasteiger partial charge is 0.497 e. The van der Waals surface area contributed by atoms with Crippen LogP contribution in [0.2, 0.25) is 0 Å². The first-order valence-electron chi connectivity index (χ1n) is 9.77. The summed E-state index contributed by atoms with van der Waals surface area (Å²) in [5, 5.41) is 3.18. The smallest absolute Gasteiger partial charge is 0.321 e. The zero-order chi connectivity index (χ0) is 18.6. The van der Waals surface area contributed by atoms with E-state index in [4.69, 9.17) is 4.74 Å². The number of carbonyl (C=O) groups excluding carboxylic acids is 1. The number of nitrogens with one attached hydrogen (secondary N) is 1. The quantitative estimate of drug-likeness (QED) is 0.880. The third-order valence-electron chi connectivity index (χ3n) is 5.66. The number of likely N-dealkylation sites (tertiary alicyclic amines) is 1. The van der Waals surface area contributed by atoms with Crippen molar-refractivity contribution in [2.45, 2.75) is 25.3 Å². The maximum Gasteiger partial charge on any atom is 0.321 e. The third kappa shape index (κ3) is 3.78. The average molecular weight is 365 g/mol. The molecule has 1 atom stereocenters. The highest BCUT2D eigenvalue weighted by Crippen LogP contribution is 2.29. The van der Waals surface area contributed by atoms with Gasteiger partial charge in [-0.25, -0.2) is 4.79 Å². The molecule has 5 nitrogen and oxygen atoms in total. The van der Waals surface area contributed by atoms with Gasteiger partial charge in [-0.2, -0.15) is 0 Å². The predicted octanol–water partition coefficient (Wildman–Crippen LogP) is 3.60. The molecule has 2 amide bonds. The van der Waals surface area contributed by atoms with Crippen molar-refractivity contribution in [1.29, 1.82) is 0 Å². The highest BCUT2D eigenvalue weighted by molar-refractivity contribution is 5.94. The summed E-state index contributed by atoms with van der Waals surface area (Å²) < 4.78 is 5.28. The number of rotatable bonds is 5. The summed E-state index contributed by atoms with van der Waals surface area (Å²) in [6.07, 6.45) is 3.37. The topological polar surface area (TPSA) is 44.8 Å². The molecule has 2 aliphatic rings. The fourth-order valence-electron chi connectivity index (χ4n) is 4.17. The molecule has 5 heteroatoms. The van der Waals surface area contributed by atoms with E-state index in [0.29, 0.717) is 6.54 Å². The number of anilines is 1. The Morgan fingerprint density at radius 1 is 1.07 bits per heavy atom. The van der Waals surface area contributed by atoms with Gasteiger partial charge in [0.1, 0.15) is 5.75 Å². The van der Waals surface area contributed by atoms with Crippen LogP contribution in [0.15, 0.2) is 48.5 Å². The highest BCUT2D eigenvalue weighted by Gasteiger charge is 2.27. The molecule has 2 aliphatic heterocycles. The number of para-hydroxylation sites is 1. The van der Waals surface area contributed by atoms with E-state index in [0.717, 1.165) is 37.5 Å². The molecule has 0 aromatic heterocycles. The average Bonchev–Trinajstić information content (AvgIpc) is 3.38. The van der Waals surface area contributed by atoms with Crippen LogP contribution in [-0.2, 0) is 6.42 Å². The van der Waals surface area contributed by atoms with Gasteiger partial charge in [-0.15, -0.1) is 0 Å². The van der Waals surface area contributed by atoms with Gasteiger partial charge in [0.05, 0.1) is 13.2 Å². The van der Waals surface area contributed by atoms with Gasteiger partial charge in [0.25, 0.3) is 0 Å². The molecule has 2 heterocycles. The number of benzene rings is 2. The van der Waals surface area contributed by atoms with Gasteiger partial charge in [-0.1, -0.05) is 30.3 Å². The number of hydrogen-bond donors (Lipinski definition) is 1. The van der Waals surface area contributed by atoms with Gasteiger partial charge < -0.3 is 10.1 Å². The van der Waals surface area contributed by atoms with Gasteiger partial charge in [0, 0.05) is 18.8 Å². The van der Waals surface area contributed by atoms with Crippen LogP contribution in [-0.4, -0.2) is 44.2 Å². The van der Waals surface area contributed by atoms with Crippen molar-refractivity contribution in [3.8, 4) is 5.75 Å². The number of urea groups is 1. The van der Waals surface area contributed by atoms with Crippen LogP contribution < -0.4 is 15.0 Å². The van der Waals surface area contributed by atoms with E-state index in [1.165, 1.54) is 24.0 Å². The lowest BCUT2D eigenvalue weighted by molar-refractivity contribution is 0.224. The van der Waals surface area contributed by atoms with E-state index in [2.05, 4.69) is 28.4 Å². The molecule has 0 radical (unpaired) electrons. The second-order valence-corrected chi connectivity index (χ2v) is 7.25. The third-order valence-corrected chi connectivity index (χ3v) is 5.66. The normalized spacial score (nSPS) is 17.6. The molecule has 0 spiro atoms. The molecule has 142 valence electrons. The predicted molar refractivity (Wildman–Crippen MR) is 107 cm³/mol. The summed E-state index contributed by atoms with van der Waals surface area (Å²) in [6, 6.07) is 16.6. The Morgan fingerprint density at radius 2 is 1.81 bits per heavy atom. The highest BCUT2D eigenvalue weighted by atomic mass is 16.5. The van der Waals surface area contributed by atoms with Crippen LogP contribution in [0.3, 0.4) is 0 Å². The van der Waals surface area contributed by atoms with Gasteiger partial charge in [-0.3, -0.25) is 9.80 Å². The zero-order valence-electron chi connectivity index (χ0n) is 15.9. The van der Waals surface area contributed by atoms with E-state index in [9.17, 15) is 4.79 Å². The fourth-order valence-corrected chi connectivity index (χ4v) is 4.17. The molecule has 2 aromatic rings. The van der Waals surface area contributed by atoms with Crippen LogP contribution >= 0.6 is 0 Å². The van der Waals surface area contributed by atoms with Crippen molar-refractivity contribution in [3.63, 3.8) is 0 Å². The van der Waals surface area contributed by atoms with Crippen LogP contribution in [0, 0.1) is 0 Å². The molecule has 0 saturated carbocycles. The summed E-state index contributed by atoms with van der Waals surface area (Å²) in [6.45, 7) is 3.53. The Labute approximate surface area is 160 Å². The van der Waals surface area contributed by atoms with Crippen LogP contribution in [0.5, 0.6) is 5.75 Å². The summed E-state index contributed by atoms with van der Waals surface area (Å²) in [4.78, 5) is 17.2. The Morgan fingerprint density at radius 3 is 2.56 bits per heavy atom. The Balaban J connectivity index is 1.46. The SMILES string of the molecule is COc1ccc(C(CNC(=O)N2CCc3ccccc32)N2CCCC2)cc1. The minimum absolute atomic E-state index is 0.00217. The van der Waals surface area contributed by atoms with E-state index in [1.807, 2.05) is 35.2 Å². The second-order valence-electron chi connectivity index (χ2n) is 7.25. The molecule has 1 N–H and O–H groups in total. The van der Waals surface area contributed by atoms with Crippen molar-refractivity contribution in [2.75, 3.05) is 38.2 Å². The Bertz CT molecular complexity index is 784. The lowest BCUT2D eigenvalue weighted by Crippen LogP contribution is -2.43. The maximum absolute atomic E-state index is 12.8. The molecule has 1 saturated heterocycles. The molecule has 1 fully saturated rings. The molecular weight excluding hydrogens is 338 g/mol. The number of ether oxygens (including phenoxy) is 1. The summed E-state index contributed by atoms with van der Waals surface area (Å²) in [5.74, 6) is 0.858. The molecular formula is C22H27N3O2. The number of nitrogens with zero attached hydrogens (tertiary/aromatic N) is 2. The standard InChI is InChI=1S/C22H27N3O2/c1-27-19-10-8-18(9-11-19)21(24-13-4-5-14-24)16-23-22(26)25-15-12-17-6-2-3-7-20(17)25/h2-3,6-11,21H,4-5,12-16H2,1H3,(H,23,26). The van der Waals surface area contributed by atoms with Crippen molar-refractivity contribution in [1.82, 2.24) is 10.2 Å². The molecule has 0 bridgehead atoms. The minimum Gasteiger partial charge on any atom is -0.497 e. The van der Waals surface area contributed by atoms with Gasteiger partial charge in [-0.05, 0) is 61.7 Å². The first-order valence-corrected chi connectivity index (χ1v) is 9.77. The fraction of sp³-hybridized carbons (Fsp3) is 0.409. The van der Waals surface area contributed by atoms with Gasteiger partial charge in [0.15, 0.2) is 0 Å². The number of fused-ring (bicyclic) bond motifs is 1. The number of amides is 2. The lowest BCUT2D eigenvalue weighted by Gasteiger charge is -2.29. The van der Waals surface area contributed by atoms with Crippen molar-refractivity contribution in [2.24, 2.45) is 0 Å². The number of hydrogen-bond acceptors (Lipinski definition) is 3. The maximum atomic E-state index is 12.8. The minimum atomic E-state index is -0.00217. The van der Waals surface area contributed by atoms with E-state index >= 15 is 0 Å². The molecule has 27 heavy (non-hydrogen) atoms. The van der Waals surface area contributed by atoms with E-state index < -0.39 is 0 Å². The van der Waals surface area contributed by atoms with Gasteiger partial charge >= 0.3 is 6.03 Å². The van der Waals surface area contributed by atoms with Crippen molar-refractivity contribution < 1.29 is 9.53 Å². The monoisotopic (exact) mass is 365 g/mol. The van der Waals surface area contributed by atoms with Gasteiger partial charge in [0.2, 0.25) is 0 Å². The number of carbonyl (C=O) groups is 1. The lowest BCUT2D eigenvalue weighted by atomic mass is 10.1. The number of methoxy groups -OCH3 is 1.